The number of amides is 1. The first kappa shape index (κ1) is 17.5. The molecular formula is C20H26FN3O2. The van der Waals surface area contributed by atoms with Gasteiger partial charge in [0, 0.05) is 26.1 Å². The van der Waals surface area contributed by atoms with E-state index in [-0.39, 0.29) is 17.6 Å². The number of carbonyl (C=O) groups excluding carboxylic acids is 1. The zero-order chi connectivity index (χ0) is 18.5. The molecule has 0 atom stereocenters. The lowest BCUT2D eigenvalue weighted by Crippen LogP contribution is -2.51. The van der Waals surface area contributed by atoms with Crippen molar-refractivity contribution < 1.29 is 14.3 Å². The number of nitrogens with zero attached hydrogens (tertiary/aromatic N) is 3. The van der Waals surface area contributed by atoms with Crippen LogP contribution in [0.25, 0.3) is 10.9 Å². The third kappa shape index (κ3) is 3.22. The van der Waals surface area contributed by atoms with Crippen LogP contribution in [0.2, 0.25) is 0 Å². The van der Waals surface area contributed by atoms with Crippen LogP contribution in [0, 0.1) is 17.7 Å². The lowest BCUT2D eigenvalue weighted by molar-refractivity contribution is -0.151. The van der Waals surface area contributed by atoms with Gasteiger partial charge in [-0.3, -0.25) is 9.48 Å². The fraction of sp³-hybridized carbons (Fsp3) is 0.600. The van der Waals surface area contributed by atoms with Gasteiger partial charge in [0.25, 0.3) is 0 Å². The lowest BCUT2D eigenvalue weighted by atomic mass is 9.71. The number of hydrogen-bond donors (Lipinski definition) is 1. The highest BCUT2D eigenvalue weighted by molar-refractivity contribution is 5.80. The maximum absolute atomic E-state index is 14.3. The van der Waals surface area contributed by atoms with Crippen molar-refractivity contribution >= 4 is 16.8 Å². The molecule has 1 amide bonds. The molecular weight excluding hydrogens is 333 g/mol. The number of aryl methyl sites for hydroxylation is 1. The summed E-state index contributed by atoms with van der Waals surface area (Å²) < 4.78 is 16.0. The van der Waals surface area contributed by atoms with E-state index < -0.39 is 5.60 Å². The summed E-state index contributed by atoms with van der Waals surface area (Å²) in [5, 5.41) is 14.5. The second-order valence-electron chi connectivity index (χ2n) is 8.35. The van der Waals surface area contributed by atoms with E-state index in [2.05, 4.69) is 5.10 Å². The SMILES string of the molecule is Cn1ncc2c(F)cc(CC3CCN(C(=O)C4CC(C)(O)C4)CC3)cc21. The maximum atomic E-state index is 14.3. The van der Waals surface area contributed by atoms with Gasteiger partial charge in [-0.15, -0.1) is 0 Å². The second kappa shape index (κ2) is 6.34. The van der Waals surface area contributed by atoms with E-state index in [0.717, 1.165) is 43.4 Å². The van der Waals surface area contributed by atoms with E-state index in [0.29, 0.717) is 24.1 Å². The minimum atomic E-state index is -0.660. The summed E-state index contributed by atoms with van der Waals surface area (Å²) in [6.45, 7) is 3.32. The first-order valence-electron chi connectivity index (χ1n) is 9.44. The maximum Gasteiger partial charge on any atom is 0.225 e. The smallest absolute Gasteiger partial charge is 0.225 e. The van der Waals surface area contributed by atoms with E-state index in [4.69, 9.17) is 0 Å². The zero-order valence-corrected chi connectivity index (χ0v) is 15.4. The number of carbonyl (C=O) groups is 1. The van der Waals surface area contributed by atoms with Crippen molar-refractivity contribution in [3.05, 3.63) is 29.7 Å². The number of rotatable bonds is 3. The Labute approximate surface area is 152 Å². The van der Waals surface area contributed by atoms with Crippen LogP contribution < -0.4 is 0 Å². The number of fused-ring (bicyclic) bond motifs is 1. The van der Waals surface area contributed by atoms with Gasteiger partial charge < -0.3 is 10.0 Å². The molecule has 26 heavy (non-hydrogen) atoms. The number of piperidine rings is 1. The van der Waals surface area contributed by atoms with Crippen LogP contribution in [-0.2, 0) is 18.3 Å². The molecule has 4 rings (SSSR count). The number of halogens is 1. The summed E-state index contributed by atoms with van der Waals surface area (Å²) in [5.74, 6) is 0.434. The highest BCUT2D eigenvalue weighted by Crippen LogP contribution is 2.39. The van der Waals surface area contributed by atoms with Gasteiger partial charge in [-0.25, -0.2) is 4.39 Å². The Hall–Kier alpha value is -1.95. The molecule has 2 aromatic rings. The summed E-state index contributed by atoms with van der Waals surface area (Å²) in [6.07, 6.45) is 5.44. The Morgan fingerprint density at radius 1 is 1.35 bits per heavy atom. The summed E-state index contributed by atoms with van der Waals surface area (Å²) in [5.41, 5.74) is 1.16. The molecule has 0 unspecified atom stereocenters. The van der Waals surface area contributed by atoms with Gasteiger partial charge in [-0.2, -0.15) is 5.10 Å². The third-order valence-corrected chi connectivity index (χ3v) is 6.05. The monoisotopic (exact) mass is 359 g/mol. The predicted molar refractivity (Wildman–Crippen MR) is 97.0 cm³/mol. The molecule has 0 bridgehead atoms. The predicted octanol–water partition coefficient (Wildman–Crippen LogP) is 2.65. The Morgan fingerprint density at radius 2 is 2.04 bits per heavy atom. The van der Waals surface area contributed by atoms with E-state index in [1.54, 1.807) is 23.9 Å². The normalized spacial score (nSPS) is 26.9. The number of likely N-dealkylation sites (tertiary alicyclic amines) is 1. The molecule has 1 aliphatic carbocycles. The van der Waals surface area contributed by atoms with Gasteiger partial charge >= 0.3 is 0 Å². The molecule has 2 aliphatic rings. The van der Waals surface area contributed by atoms with Crippen LogP contribution in [0.1, 0.15) is 38.2 Å². The third-order valence-electron chi connectivity index (χ3n) is 6.05. The molecule has 1 saturated carbocycles. The molecule has 0 radical (unpaired) electrons. The standard InChI is InChI=1S/C20H26FN3O2/c1-20(26)10-15(11-20)19(25)24-5-3-13(4-6-24)7-14-8-17(21)16-12-22-23(2)18(16)9-14/h8-9,12-13,15,26H,3-7,10-11H2,1-2H3. The fourth-order valence-corrected chi connectivity index (χ4v) is 4.50. The van der Waals surface area contributed by atoms with Gasteiger partial charge in [0.05, 0.1) is 22.7 Å². The van der Waals surface area contributed by atoms with Crippen LogP contribution in [-0.4, -0.2) is 44.4 Å². The molecule has 1 saturated heterocycles. The summed E-state index contributed by atoms with van der Waals surface area (Å²) in [7, 11) is 1.83. The molecule has 2 heterocycles. The van der Waals surface area contributed by atoms with Gasteiger partial charge in [0.15, 0.2) is 0 Å². The van der Waals surface area contributed by atoms with Crippen LogP contribution in [0.3, 0.4) is 0 Å². The first-order valence-corrected chi connectivity index (χ1v) is 9.44. The highest BCUT2D eigenvalue weighted by Gasteiger charge is 2.44. The van der Waals surface area contributed by atoms with Gasteiger partial charge in [-0.05, 0) is 62.6 Å². The Kier molecular flexibility index (Phi) is 4.26. The molecule has 5 nitrogen and oxygen atoms in total. The Bertz CT molecular complexity index is 829. The number of aromatic nitrogens is 2. The van der Waals surface area contributed by atoms with Crippen molar-refractivity contribution in [1.29, 1.82) is 0 Å². The van der Waals surface area contributed by atoms with Crippen molar-refractivity contribution in [2.24, 2.45) is 18.9 Å². The Balaban J connectivity index is 1.35. The van der Waals surface area contributed by atoms with Crippen molar-refractivity contribution in [3.8, 4) is 0 Å². The van der Waals surface area contributed by atoms with Crippen LogP contribution >= 0.6 is 0 Å². The van der Waals surface area contributed by atoms with Crippen molar-refractivity contribution in [1.82, 2.24) is 14.7 Å². The highest BCUT2D eigenvalue weighted by atomic mass is 19.1. The summed E-state index contributed by atoms with van der Waals surface area (Å²) >= 11 is 0. The molecule has 140 valence electrons. The molecule has 1 aromatic heterocycles. The van der Waals surface area contributed by atoms with Crippen LogP contribution in [0.15, 0.2) is 18.3 Å². The quantitative estimate of drug-likeness (QED) is 0.917. The van der Waals surface area contributed by atoms with Crippen molar-refractivity contribution in [2.45, 2.75) is 44.6 Å². The molecule has 2 fully saturated rings. The van der Waals surface area contributed by atoms with E-state index in [1.807, 2.05) is 18.0 Å². The second-order valence-corrected chi connectivity index (χ2v) is 8.35. The molecule has 1 N–H and O–H groups in total. The first-order chi connectivity index (χ1) is 12.3. The molecule has 6 heteroatoms. The topological polar surface area (TPSA) is 58.4 Å². The van der Waals surface area contributed by atoms with Gasteiger partial charge in [0.2, 0.25) is 5.91 Å². The summed E-state index contributed by atoms with van der Waals surface area (Å²) in [6, 6.07) is 3.65. The minimum Gasteiger partial charge on any atom is -0.390 e. The largest absolute Gasteiger partial charge is 0.390 e. The number of hydrogen-bond acceptors (Lipinski definition) is 3. The molecule has 0 spiro atoms. The molecule has 1 aromatic carbocycles. The average molecular weight is 359 g/mol. The molecule has 1 aliphatic heterocycles. The zero-order valence-electron chi connectivity index (χ0n) is 15.4. The average Bonchev–Trinajstić information content (AvgIpc) is 2.94. The number of benzene rings is 1. The van der Waals surface area contributed by atoms with Crippen LogP contribution in [0.5, 0.6) is 0 Å². The van der Waals surface area contributed by atoms with E-state index >= 15 is 0 Å². The van der Waals surface area contributed by atoms with Gasteiger partial charge in [0.1, 0.15) is 5.82 Å². The van der Waals surface area contributed by atoms with Crippen LogP contribution in [0.4, 0.5) is 4.39 Å². The minimum absolute atomic E-state index is 0.0112. The van der Waals surface area contributed by atoms with Crippen molar-refractivity contribution in [3.63, 3.8) is 0 Å². The van der Waals surface area contributed by atoms with E-state index in [1.165, 1.54) is 0 Å². The Morgan fingerprint density at radius 3 is 2.69 bits per heavy atom. The van der Waals surface area contributed by atoms with Gasteiger partial charge in [-0.1, -0.05) is 0 Å². The number of aliphatic hydroxyl groups is 1. The summed E-state index contributed by atoms with van der Waals surface area (Å²) in [4.78, 5) is 14.4. The fourth-order valence-electron chi connectivity index (χ4n) is 4.50. The van der Waals surface area contributed by atoms with E-state index in [9.17, 15) is 14.3 Å². The van der Waals surface area contributed by atoms with Crippen molar-refractivity contribution in [2.75, 3.05) is 13.1 Å². The lowest BCUT2D eigenvalue weighted by Gasteiger charge is -2.43.